The molecule has 3 aromatic heterocycles. The van der Waals surface area contributed by atoms with E-state index >= 15 is 0 Å². The summed E-state index contributed by atoms with van der Waals surface area (Å²) in [4.78, 5) is 33.2. The van der Waals surface area contributed by atoms with Gasteiger partial charge in [0.2, 0.25) is 0 Å². The van der Waals surface area contributed by atoms with E-state index in [9.17, 15) is 14.7 Å². The van der Waals surface area contributed by atoms with Gasteiger partial charge < -0.3 is 10.4 Å². The van der Waals surface area contributed by atoms with E-state index in [0.29, 0.717) is 17.0 Å². The highest BCUT2D eigenvalue weighted by Crippen LogP contribution is 2.53. The minimum absolute atomic E-state index is 0.263. The number of fused-ring (bicyclic) bond motifs is 2. The molecular weight excluding hydrogens is 502 g/mol. The minimum Gasteiger partial charge on any atom is -0.480 e. The first-order valence-electron chi connectivity index (χ1n) is 12.2. The molecule has 5 aromatic rings. The molecule has 1 aliphatic rings. The van der Waals surface area contributed by atoms with Gasteiger partial charge in [0.1, 0.15) is 11.7 Å². The Labute approximate surface area is 221 Å². The molecule has 2 aromatic carbocycles. The molecule has 0 radical (unpaired) electrons. The quantitative estimate of drug-likeness (QED) is 0.337. The molecule has 38 heavy (non-hydrogen) atoms. The Balaban J connectivity index is 1.29. The van der Waals surface area contributed by atoms with Crippen molar-refractivity contribution in [1.82, 2.24) is 35.1 Å². The summed E-state index contributed by atoms with van der Waals surface area (Å²) in [5.41, 5.74) is 4.84. The zero-order valence-electron chi connectivity index (χ0n) is 21.0. The Morgan fingerprint density at radius 3 is 2.53 bits per heavy atom. The number of carboxylic acids is 1. The molecule has 0 bridgehead atoms. The molecule has 1 amide bonds. The van der Waals surface area contributed by atoms with Crippen LogP contribution in [0.5, 0.6) is 0 Å². The smallest absolute Gasteiger partial charge is 0.326 e. The van der Waals surface area contributed by atoms with E-state index in [1.807, 2.05) is 11.6 Å². The van der Waals surface area contributed by atoms with Gasteiger partial charge in [-0.15, -0.1) is 21.5 Å². The molecule has 6 rings (SSSR count). The Morgan fingerprint density at radius 1 is 1.08 bits per heavy atom. The Kier molecular flexibility index (Phi) is 5.49. The van der Waals surface area contributed by atoms with Gasteiger partial charge in [0.15, 0.2) is 5.82 Å². The van der Waals surface area contributed by atoms with Crippen molar-refractivity contribution < 1.29 is 14.7 Å². The third kappa shape index (κ3) is 4.08. The standard InChI is InChI=1S/C27H25N7O3S/c1-26(2,3)21(23(36)37)30-22(35)16-6-4-15(5-7-16)19-13-28-25-32-31-24(34(25)33-19)27(10-11-27)17-8-9-18-20(12-17)38-14-29-18/h4-9,12-14,21H,10-11H2,1-3H3,(H,30,35)(H,36,37). The van der Waals surface area contributed by atoms with Gasteiger partial charge in [-0.25, -0.2) is 14.8 Å². The highest BCUT2D eigenvalue weighted by Gasteiger charge is 2.50. The fourth-order valence-electron chi connectivity index (χ4n) is 4.70. The Morgan fingerprint density at radius 2 is 1.84 bits per heavy atom. The van der Waals surface area contributed by atoms with Gasteiger partial charge >= 0.3 is 5.97 Å². The van der Waals surface area contributed by atoms with Crippen LogP contribution in [-0.2, 0) is 10.2 Å². The number of nitrogens with zero attached hydrogens (tertiary/aromatic N) is 6. The molecule has 2 N–H and O–H groups in total. The molecule has 0 aliphatic heterocycles. The molecule has 1 atom stereocenters. The van der Waals surface area contributed by atoms with Crippen molar-refractivity contribution in [2.75, 3.05) is 0 Å². The van der Waals surface area contributed by atoms with E-state index in [4.69, 9.17) is 5.10 Å². The van der Waals surface area contributed by atoms with Crippen LogP contribution in [0.15, 0.2) is 54.2 Å². The summed E-state index contributed by atoms with van der Waals surface area (Å²) < 4.78 is 2.84. The van der Waals surface area contributed by atoms with Crippen LogP contribution in [0.1, 0.15) is 55.4 Å². The van der Waals surface area contributed by atoms with Gasteiger partial charge in [-0.1, -0.05) is 39.0 Å². The molecule has 0 spiro atoms. The fourth-order valence-corrected chi connectivity index (χ4v) is 5.42. The van der Waals surface area contributed by atoms with Crippen molar-refractivity contribution >= 4 is 39.2 Å². The first kappa shape index (κ1) is 24.1. The maximum Gasteiger partial charge on any atom is 0.326 e. The van der Waals surface area contributed by atoms with Crippen LogP contribution in [-0.4, -0.2) is 52.8 Å². The van der Waals surface area contributed by atoms with Crippen molar-refractivity contribution in [1.29, 1.82) is 0 Å². The van der Waals surface area contributed by atoms with Crippen molar-refractivity contribution in [2.45, 2.75) is 45.1 Å². The molecule has 3 heterocycles. The van der Waals surface area contributed by atoms with Gasteiger partial charge in [0.25, 0.3) is 11.7 Å². The van der Waals surface area contributed by atoms with Crippen molar-refractivity contribution in [2.24, 2.45) is 5.41 Å². The fraction of sp³-hybridized carbons (Fsp3) is 0.296. The Hall–Kier alpha value is -4.25. The summed E-state index contributed by atoms with van der Waals surface area (Å²) in [6.45, 7) is 5.31. The highest BCUT2D eigenvalue weighted by molar-refractivity contribution is 7.16. The summed E-state index contributed by atoms with van der Waals surface area (Å²) >= 11 is 1.62. The number of rotatable bonds is 6. The lowest BCUT2D eigenvalue weighted by atomic mass is 9.86. The number of carbonyl (C=O) groups excluding carboxylic acids is 1. The monoisotopic (exact) mass is 527 g/mol. The van der Waals surface area contributed by atoms with E-state index in [0.717, 1.165) is 34.4 Å². The largest absolute Gasteiger partial charge is 0.480 e. The second kappa shape index (κ2) is 8.66. The van der Waals surface area contributed by atoms with Crippen molar-refractivity contribution in [3.05, 3.63) is 71.1 Å². The third-order valence-electron chi connectivity index (χ3n) is 7.03. The summed E-state index contributed by atoms with van der Waals surface area (Å²) in [5.74, 6) is -0.346. The Bertz CT molecular complexity index is 1700. The number of aromatic nitrogens is 6. The van der Waals surface area contributed by atoms with Gasteiger partial charge in [-0.05, 0) is 48.1 Å². The van der Waals surface area contributed by atoms with Gasteiger partial charge in [0, 0.05) is 11.1 Å². The number of amides is 1. The van der Waals surface area contributed by atoms with E-state index in [-0.39, 0.29) is 5.41 Å². The van der Waals surface area contributed by atoms with Gasteiger partial charge in [0.05, 0.1) is 27.3 Å². The van der Waals surface area contributed by atoms with E-state index in [2.05, 4.69) is 37.6 Å². The molecular formula is C27H25N7O3S. The lowest BCUT2D eigenvalue weighted by Crippen LogP contribution is -2.49. The summed E-state index contributed by atoms with van der Waals surface area (Å²) in [7, 11) is 0. The van der Waals surface area contributed by atoms with Crippen LogP contribution in [0, 0.1) is 5.41 Å². The zero-order valence-corrected chi connectivity index (χ0v) is 21.9. The van der Waals surface area contributed by atoms with Crippen LogP contribution in [0.3, 0.4) is 0 Å². The second-order valence-electron chi connectivity index (χ2n) is 10.7. The molecule has 10 nitrogen and oxygen atoms in total. The van der Waals surface area contributed by atoms with E-state index in [1.54, 1.807) is 67.1 Å². The average molecular weight is 528 g/mol. The molecule has 1 fully saturated rings. The molecule has 192 valence electrons. The number of hydrogen-bond acceptors (Lipinski definition) is 8. The van der Waals surface area contributed by atoms with Crippen molar-refractivity contribution in [3.63, 3.8) is 0 Å². The maximum atomic E-state index is 12.7. The van der Waals surface area contributed by atoms with Crippen LogP contribution in [0.25, 0.3) is 27.3 Å². The number of benzene rings is 2. The van der Waals surface area contributed by atoms with Gasteiger partial charge in [-0.2, -0.15) is 9.61 Å². The number of thiazole rings is 1. The SMILES string of the molecule is CC(C)(C)C(NC(=O)c1ccc(-c2cnc3nnc(C4(c5ccc6ncsc6c5)CC4)n3n2)cc1)C(=O)O. The number of nitrogens with one attached hydrogen (secondary N) is 1. The first-order chi connectivity index (χ1) is 18.2. The average Bonchev–Trinajstić information content (AvgIpc) is 3.36. The van der Waals surface area contributed by atoms with Crippen LogP contribution < -0.4 is 5.32 Å². The summed E-state index contributed by atoms with van der Waals surface area (Å²) in [6, 6.07) is 12.2. The first-order valence-corrected chi connectivity index (χ1v) is 13.1. The van der Waals surface area contributed by atoms with E-state index in [1.165, 1.54) is 5.56 Å². The summed E-state index contributed by atoms with van der Waals surface area (Å²) in [6.07, 6.45) is 3.52. The molecule has 1 unspecified atom stereocenters. The molecule has 1 saturated carbocycles. The number of carboxylic acid groups (broad SMARTS) is 1. The van der Waals surface area contributed by atoms with Crippen LogP contribution in [0.2, 0.25) is 0 Å². The maximum absolute atomic E-state index is 12.7. The lowest BCUT2D eigenvalue weighted by Gasteiger charge is -2.27. The lowest BCUT2D eigenvalue weighted by molar-refractivity contribution is -0.142. The molecule has 1 aliphatic carbocycles. The zero-order chi connectivity index (χ0) is 26.7. The highest BCUT2D eigenvalue weighted by atomic mass is 32.1. The second-order valence-corrected chi connectivity index (χ2v) is 11.6. The van der Waals surface area contributed by atoms with E-state index < -0.39 is 23.3 Å². The predicted molar refractivity (Wildman–Crippen MR) is 142 cm³/mol. The van der Waals surface area contributed by atoms with Gasteiger partial charge in [-0.3, -0.25) is 4.79 Å². The third-order valence-corrected chi connectivity index (χ3v) is 7.82. The number of carbonyl (C=O) groups is 2. The number of hydrogen-bond donors (Lipinski definition) is 2. The molecule has 0 saturated heterocycles. The van der Waals surface area contributed by atoms with Crippen LogP contribution in [0.4, 0.5) is 0 Å². The van der Waals surface area contributed by atoms with Crippen molar-refractivity contribution in [3.8, 4) is 11.3 Å². The minimum atomic E-state index is -1.07. The molecule has 11 heteroatoms. The number of aliphatic carboxylic acids is 1. The summed E-state index contributed by atoms with van der Waals surface area (Å²) in [5, 5.41) is 25.7. The normalized spacial score (nSPS) is 15.4. The van der Waals surface area contributed by atoms with Crippen LogP contribution >= 0.6 is 11.3 Å². The predicted octanol–water partition coefficient (Wildman–Crippen LogP) is 4.11. The topological polar surface area (TPSA) is 135 Å².